The van der Waals surface area contributed by atoms with Crippen molar-refractivity contribution >= 4 is 34.2 Å². The summed E-state index contributed by atoms with van der Waals surface area (Å²) in [6.45, 7) is 3.24. The standard InChI is InChI=1S/C22H21N5O4/c1-12-20-15(11-17(19-6-5-9-31-19)24-21(20)27(3)26-12)22(29)25-16-10-14(23-13(2)28)7-8-18(16)30-4/h5-11H,1-4H3,(H,23,28)(H,25,29). The van der Waals surface area contributed by atoms with Gasteiger partial charge in [0.2, 0.25) is 5.91 Å². The van der Waals surface area contributed by atoms with E-state index < -0.39 is 0 Å². The van der Waals surface area contributed by atoms with E-state index in [9.17, 15) is 9.59 Å². The molecular formula is C22H21N5O4. The van der Waals surface area contributed by atoms with Gasteiger partial charge in [0.1, 0.15) is 11.4 Å². The summed E-state index contributed by atoms with van der Waals surface area (Å²) >= 11 is 0. The number of hydrogen-bond acceptors (Lipinski definition) is 6. The van der Waals surface area contributed by atoms with Crippen molar-refractivity contribution in [3.8, 4) is 17.2 Å². The van der Waals surface area contributed by atoms with E-state index in [2.05, 4.69) is 20.7 Å². The van der Waals surface area contributed by atoms with Crippen LogP contribution in [-0.2, 0) is 11.8 Å². The number of pyridine rings is 1. The largest absolute Gasteiger partial charge is 0.495 e. The van der Waals surface area contributed by atoms with E-state index in [0.29, 0.717) is 50.9 Å². The fourth-order valence-electron chi connectivity index (χ4n) is 3.45. The molecule has 0 radical (unpaired) electrons. The van der Waals surface area contributed by atoms with Gasteiger partial charge in [0.25, 0.3) is 5.91 Å². The number of aryl methyl sites for hydroxylation is 2. The number of anilines is 2. The molecule has 3 heterocycles. The topological polar surface area (TPSA) is 111 Å². The Morgan fingerprint density at radius 2 is 1.97 bits per heavy atom. The van der Waals surface area contributed by atoms with Gasteiger partial charge < -0.3 is 19.8 Å². The zero-order valence-electron chi connectivity index (χ0n) is 17.5. The zero-order chi connectivity index (χ0) is 22.1. The summed E-state index contributed by atoms with van der Waals surface area (Å²) in [7, 11) is 3.28. The van der Waals surface area contributed by atoms with Crippen LogP contribution in [0.3, 0.4) is 0 Å². The molecule has 0 bridgehead atoms. The average Bonchev–Trinajstić information content (AvgIpc) is 3.36. The first-order chi connectivity index (χ1) is 14.9. The molecule has 0 fully saturated rings. The number of benzene rings is 1. The highest BCUT2D eigenvalue weighted by molar-refractivity contribution is 6.14. The normalized spacial score (nSPS) is 10.8. The number of hydrogen-bond donors (Lipinski definition) is 2. The molecule has 0 saturated carbocycles. The van der Waals surface area contributed by atoms with Gasteiger partial charge in [-0.3, -0.25) is 14.3 Å². The predicted octanol–water partition coefficient (Wildman–Crippen LogP) is 3.76. The molecule has 158 valence electrons. The van der Waals surface area contributed by atoms with Crippen molar-refractivity contribution in [1.82, 2.24) is 14.8 Å². The van der Waals surface area contributed by atoms with E-state index in [4.69, 9.17) is 9.15 Å². The van der Waals surface area contributed by atoms with E-state index in [1.165, 1.54) is 14.0 Å². The van der Waals surface area contributed by atoms with E-state index in [-0.39, 0.29) is 11.8 Å². The lowest BCUT2D eigenvalue weighted by molar-refractivity contribution is -0.114. The summed E-state index contributed by atoms with van der Waals surface area (Å²) in [4.78, 5) is 29.4. The minimum absolute atomic E-state index is 0.215. The lowest BCUT2D eigenvalue weighted by Crippen LogP contribution is -2.15. The molecule has 0 spiro atoms. The highest BCUT2D eigenvalue weighted by atomic mass is 16.5. The number of ether oxygens (including phenoxy) is 1. The number of rotatable bonds is 5. The molecule has 9 nitrogen and oxygen atoms in total. The molecule has 31 heavy (non-hydrogen) atoms. The van der Waals surface area contributed by atoms with Crippen LogP contribution in [0.4, 0.5) is 11.4 Å². The van der Waals surface area contributed by atoms with Crippen molar-refractivity contribution in [2.24, 2.45) is 7.05 Å². The van der Waals surface area contributed by atoms with Gasteiger partial charge in [-0.1, -0.05) is 0 Å². The van der Waals surface area contributed by atoms with Gasteiger partial charge in [-0.15, -0.1) is 0 Å². The number of carbonyl (C=O) groups is 2. The Hall–Kier alpha value is -4.14. The lowest BCUT2D eigenvalue weighted by Gasteiger charge is -2.13. The van der Waals surface area contributed by atoms with E-state index >= 15 is 0 Å². The van der Waals surface area contributed by atoms with Crippen LogP contribution in [0, 0.1) is 6.92 Å². The molecule has 0 aliphatic heterocycles. The Kier molecular flexibility index (Phi) is 5.16. The van der Waals surface area contributed by atoms with Crippen LogP contribution in [-0.4, -0.2) is 33.7 Å². The van der Waals surface area contributed by atoms with Crippen LogP contribution in [0.1, 0.15) is 23.0 Å². The molecule has 0 aliphatic rings. The summed E-state index contributed by atoms with van der Waals surface area (Å²) in [6.07, 6.45) is 1.55. The maximum absolute atomic E-state index is 13.4. The van der Waals surface area contributed by atoms with Crippen LogP contribution < -0.4 is 15.4 Å². The molecule has 4 aromatic rings. The van der Waals surface area contributed by atoms with Gasteiger partial charge in [0.05, 0.1) is 35.7 Å². The summed E-state index contributed by atoms with van der Waals surface area (Å²) in [5.74, 6) is 0.420. The number of amides is 2. The monoisotopic (exact) mass is 419 g/mol. The van der Waals surface area contributed by atoms with Gasteiger partial charge in [-0.2, -0.15) is 5.10 Å². The van der Waals surface area contributed by atoms with Crippen LogP contribution in [0.5, 0.6) is 5.75 Å². The maximum atomic E-state index is 13.4. The van der Waals surface area contributed by atoms with E-state index in [1.807, 2.05) is 6.92 Å². The summed E-state index contributed by atoms with van der Waals surface area (Å²) in [6, 6.07) is 10.2. The van der Waals surface area contributed by atoms with Gasteiger partial charge in [-0.05, 0) is 43.3 Å². The molecule has 0 aliphatic carbocycles. The molecule has 2 N–H and O–H groups in total. The van der Waals surface area contributed by atoms with Gasteiger partial charge in [0, 0.05) is 19.7 Å². The third kappa shape index (κ3) is 3.85. The number of fused-ring (bicyclic) bond motifs is 1. The second kappa shape index (κ2) is 7.94. The number of carbonyl (C=O) groups excluding carboxylic acids is 2. The summed E-state index contributed by atoms with van der Waals surface area (Å²) < 4.78 is 12.5. The number of aromatic nitrogens is 3. The van der Waals surface area contributed by atoms with E-state index in [1.54, 1.807) is 54.4 Å². The van der Waals surface area contributed by atoms with Crippen LogP contribution in [0.2, 0.25) is 0 Å². The average molecular weight is 419 g/mol. The summed E-state index contributed by atoms with van der Waals surface area (Å²) in [5, 5.41) is 10.6. The van der Waals surface area contributed by atoms with Gasteiger partial charge in [-0.25, -0.2) is 4.98 Å². The first-order valence-corrected chi connectivity index (χ1v) is 9.52. The van der Waals surface area contributed by atoms with Gasteiger partial charge in [0.15, 0.2) is 11.4 Å². The smallest absolute Gasteiger partial charge is 0.256 e. The fourth-order valence-corrected chi connectivity index (χ4v) is 3.45. The van der Waals surface area contributed by atoms with Gasteiger partial charge >= 0.3 is 0 Å². The molecule has 0 saturated heterocycles. The van der Waals surface area contributed by atoms with Crippen LogP contribution in [0.15, 0.2) is 47.1 Å². The Balaban J connectivity index is 1.80. The minimum Gasteiger partial charge on any atom is -0.495 e. The Bertz CT molecular complexity index is 1290. The third-order valence-corrected chi connectivity index (χ3v) is 4.75. The molecule has 2 amide bonds. The zero-order valence-corrected chi connectivity index (χ0v) is 17.5. The number of nitrogens with zero attached hydrogens (tertiary/aromatic N) is 3. The lowest BCUT2D eigenvalue weighted by atomic mass is 10.1. The molecule has 3 aromatic heterocycles. The van der Waals surface area contributed by atoms with Crippen molar-refractivity contribution < 1.29 is 18.7 Å². The molecule has 0 unspecified atom stereocenters. The van der Waals surface area contributed by atoms with Crippen molar-refractivity contribution in [2.45, 2.75) is 13.8 Å². The molecular weight excluding hydrogens is 398 g/mol. The molecule has 9 heteroatoms. The molecule has 1 aromatic carbocycles. The first-order valence-electron chi connectivity index (χ1n) is 9.52. The SMILES string of the molecule is COc1ccc(NC(C)=O)cc1NC(=O)c1cc(-c2ccco2)nc2c1c(C)nn2C. The minimum atomic E-state index is -0.366. The number of nitrogens with one attached hydrogen (secondary N) is 2. The Morgan fingerprint density at radius 1 is 1.16 bits per heavy atom. The quantitative estimate of drug-likeness (QED) is 0.510. The van der Waals surface area contributed by atoms with Crippen LogP contribution >= 0.6 is 0 Å². The maximum Gasteiger partial charge on any atom is 0.256 e. The number of methoxy groups -OCH3 is 1. The molecule has 0 atom stereocenters. The first kappa shape index (κ1) is 20.1. The van der Waals surface area contributed by atoms with Crippen molar-refractivity contribution in [3.63, 3.8) is 0 Å². The highest BCUT2D eigenvalue weighted by Gasteiger charge is 2.21. The third-order valence-electron chi connectivity index (χ3n) is 4.75. The number of furan rings is 1. The van der Waals surface area contributed by atoms with Crippen molar-refractivity contribution in [3.05, 3.63) is 53.9 Å². The Morgan fingerprint density at radius 3 is 2.65 bits per heavy atom. The second-order valence-corrected chi connectivity index (χ2v) is 6.99. The molecule has 4 rings (SSSR count). The summed E-state index contributed by atoms with van der Waals surface area (Å²) in [5.41, 5.74) is 3.12. The predicted molar refractivity (Wildman–Crippen MR) is 116 cm³/mol. The highest BCUT2D eigenvalue weighted by Crippen LogP contribution is 2.31. The van der Waals surface area contributed by atoms with Crippen LogP contribution in [0.25, 0.3) is 22.5 Å². The Labute approximate surface area is 178 Å². The fraction of sp³-hybridized carbons (Fsp3) is 0.182. The second-order valence-electron chi connectivity index (χ2n) is 6.99. The van der Waals surface area contributed by atoms with E-state index in [0.717, 1.165) is 0 Å². The van der Waals surface area contributed by atoms with Crippen molar-refractivity contribution in [1.29, 1.82) is 0 Å². The van der Waals surface area contributed by atoms with Crippen molar-refractivity contribution in [2.75, 3.05) is 17.7 Å².